The van der Waals surface area contributed by atoms with Crippen LogP contribution in [0.1, 0.15) is 37.0 Å². The maximum absolute atomic E-state index is 9.14. The van der Waals surface area contributed by atoms with Gasteiger partial charge in [-0.15, -0.1) is 0 Å². The number of nitriles is 1. The highest BCUT2D eigenvalue weighted by Gasteiger charge is 2.44. The van der Waals surface area contributed by atoms with Gasteiger partial charge in [-0.2, -0.15) is 5.26 Å². The Labute approximate surface area is 89.3 Å². The van der Waals surface area contributed by atoms with Gasteiger partial charge in [0.25, 0.3) is 0 Å². The molecule has 2 heterocycles. The van der Waals surface area contributed by atoms with E-state index in [4.69, 9.17) is 10.00 Å². The van der Waals surface area contributed by atoms with Gasteiger partial charge in [0.2, 0.25) is 0 Å². The average molecular weight is 205 g/mol. The molecule has 0 saturated carbocycles. The molecule has 1 fully saturated rings. The Hall–Kier alpha value is -1.34. The predicted molar refractivity (Wildman–Crippen MR) is 55.5 cm³/mol. The highest BCUT2D eigenvalue weighted by Crippen LogP contribution is 2.31. The van der Waals surface area contributed by atoms with Crippen LogP contribution in [0.2, 0.25) is 0 Å². The summed E-state index contributed by atoms with van der Waals surface area (Å²) in [7, 11) is 0. The van der Waals surface area contributed by atoms with Gasteiger partial charge in [-0.1, -0.05) is 13.8 Å². The summed E-state index contributed by atoms with van der Waals surface area (Å²) in [6, 6.07) is 2.29. The number of nitrogens with zero attached hydrogens (tertiary/aromatic N) is 2. The third-order valence-electron chi connectivity index (χ3n) is 2.83. The van der Waals surface area contributed by atoms with Crippen molar-refractivity contribution in [1.82, 2.24) is 9.97 Å². The normalized spacial score (nSPS) is 18.6. The van der Waals surface area contributed by atoms with Crippen LogP contribution in [0.5, 0.6) is 0 Å². The van der Waals surface area contributed by atoms with Gasteiger partial charge in [0.15, 0.2) is 5.41 Å². The molecule has 0 aliphatic carbocycles. The van der Waals surface area contributed by atoms with Gasteiger partial charge >= 0.3 is 0 Å². The van der Waals surface area contributed by atoms with Gasteiger partial charge in [0, 0.05) is 5.69 Å². The summed E-state index contributed by atoms with van der Waals surface area (Å²) in [6.07, 6.45) is 0. The largest absolute Gasteiger partial charge is 0.377 e. The zero-order valence-corrected chi connectivity index (χ0v) is 9.29. The van der Waals surface area contributed by atoms with Crippen molar-refractivity contribution < 1.29 is 4.74 Å². The second-order valence-corrected chi connectivity index (χ2v) is 4.44. The number of imidazole rings is 1. The molecule has 80 valence electrons. The number of ether oxygens (including phenoxy) is 1. The molecule has 1 aromatic rings. The quantitative estimate of drug-likeness (QED) is 0.798. The molecule has 1 aliphatic heterocycles. The van der Waals surface area contributed by atoms with Crippen LogP contribution in [-0.4, -0.2) is 23.2 Å². The summed E-state index contributed by atoms with van der Waals surface area (Å²) >= 11 is 0. The molecule has 4 heteroatoms. The zero-order valence-electron chi connectivity index (χ0n) is 9.29. The molecule has 1 aliphatic rings. The monoisotopic (exact) mass is 205 g/mol. The summed E-state index contributed by atoms with van der Waals surface area (Å²) in [5.41, 5.74) is 1.57. The molecule has 0 radical (unpaired) electrons. The number of hydrogen-bond acceptors (Lipinski definition) is 3. The van der Waals surface area contributed by atoms with Crippen molar-refractivity contribution in [1.29, 1.82) is 5.26 Å². The first-order valence-corrected chi connectivity index (χ1v) is 5.15. The molecule has 0 atom stereocenters. The van der Waals surface area contributed by atoms with Crippen LogP contribution in [0.3, 0.4) is 0 Å². The number of aromatic amines is 1. The Morgan fingerprint density at radius 1 is 1.53 bits per heavy atom. The fraction of sp³-hybridized carbons (Fsp3) is 0.636. The highest BCUT2D eigenvalue weighted by atomic mass is 16.5. The number of hydrogen-bond donors (Lipinski definition) is 1. The number of H-pyrrole nitrogens is 1. The van der Waals surface area contributed by atoms with Gasteiger partial charge in [0.05, 0.1) is 25.0 Å². The number of aryl methyl sites for hydroxylation is 1. The van der Waals surface area contributed by atoms with E-state index >= 15 is 0 Å². The van der Waals surface area contributed by atoms with Gasteiger partial charge in [-0.05, 0) is 12.8 Å². The molecule has 0 aromatic carbocycles. The Balaban J connectivity index is 2.38. The molecule has 1 N–H and O–H groups in total. The third-order valence-corrected chi connectivity index (χ3v) is 2.83. The lowest BCUT2D eigenvalue weighted by Crippen LogP contribution is -2.46. The van der Waals surface area contributed by atoms with Gasteiger partial charge < -0.3 is 9.72 Å². The van der Waals surface area contributed by atoms with Gasteiger partial charge in [-0.25, -0.2) is 4.98 Å². The lowest BCUT2D eigenvalue weighted by atomic mass is 9.87. The molecular weight excluding hydrogens is 190 g/mol. The Bertz CT molecular complexity index is 410. The number of rotatable bonds is 2. The second-order valence-electron chi connectivity index (χ2n) is 4.44. The standard InChI is InChI=1S/C11H15N3O/c1-7(2)9-8(3)13-10(14-9)11(4-12)5-15-6-11/h7H,5-6H2,1-3H3,(H,13,14). The molecule has 1 saturated heterocycles. The SMILES string of the molecule is Cc1[nH]c(C2(C#N)COC2)nc1C(C)C. The summed E-state index contributed by atoms with van der Waals surface area (Å²) in [6.45, 7) is 7.10. The van der Waals surface area contributed by atoms with Crippen molar-refractivity contribution in [3.63, 3.8) is 0 Å². The van der Waals surface area contributed by atoms with Crippen molar-refractivity contribution in [2.75, 3.05) is 13.2 Å². The second kappa shape index (κ2) is 3.35. The van der Waals surface area contributed by atoms with Crippen molar-refractivity contribution in [3.8, 4) is 6.07 Å². The first-order chi connectivity index (χ1) is 7.09. The van der Waals surface area contributed by atoms with E-state index in [0.29, 0.717) is 19.1 Å². The van der Waals surface area contributed by atoms with E-state index in [0.717, 1.165) is 17.2 Å². The minimum absolute atomic E-state index is 0.381. The van der Waals surface area contributed by atoms with E-state index in [2.05, 4.69) is 29.9 Å². The fourth-order valence-electron chi connectivity index (χ4n) is 1.82. The van der Waals surface area contributed by atoms with Crippen LogP contribution >= 0.6 is 0 Å². The molecule has 0 unspecified atom stereocenters. The fourth-order valence-corrected chi connectivity index (χ4v) is 1.82. The van der Waals surface area contributed by atoms with E-state index in [1.807, 2.05) is 6.92 Å². The van der Waals surface area contributed by atoms with Crippen LogP contribution < -0.4 is 0 Å². The number of nitrogens with one attached hydrogen (secondary N) is 1. The molecular formula is C11H15N3O. The van der Waals surface area contributed by atoms with Gasteiger partial charge in [0.1, 0.15) is 5.82 Å². The molecule has 0 bridgehead atoms. The van der Waals surface area contributed by atoms with Crippen LogP contribution in [0.15, 0.2) is 0 Å². The lowest BCUT2D eigenvalue weighted by Gasteiger charge is -2.32. The lowest BCUT2D eigenvalue weighted by molar-refractivity contribution is -0.0336. The van der Waals surface area contributed by atoms with Crippen LogP contribution in [-0.2, 0) is 10.2 Å². The summed E-state index contributed by atoms with van der Waals surface area (Å²) in [5, 5.41) is 9.14. The predicted octanol–water partition coefficient (Wildman–Crippen LogP) is 1.63. The number of aromatic nitrogens is 2. The first-order valence-electron chi connectivity index (χ1n) is 5.15. The summed E-state index contributed by atoms with van der Waals surface area (Å²) in [5.74, 6) is 1.14. The van der Waals surface area contributed by atoms with Crippen molar-refractivity contribution in [3.05, 3.63) is 17.2 Å². The van der Waals surface area contributed by atoms with Crippen LogP contribution in [0, 0.1) is 18.3 Å². The van der Waals surface area contributed by atoms with E-state index in [1.54, 1.807) is 0 Å². The van der Waals surface area contributed by atoms with Crippen LogP contribution in [0.4, 0.5) is 0 Å². The topological polar surface area (TPSA) is 61.7 Å². The van der Waals surface area contributed by atoms with Crippen molar-refractivity contribution >= 4 is 0 Å². The molecule has 15 heavy (non-hydrogen) atoms. The van der Waals surface area contributed by atoms with Crippen molar-refractivity contribution in [2.45, 2.75) is 32.1 Å². The summed E-state index contributed by atoms with van der Waals surface area (Å²) in [4.78, 5) is 7.72. The molecule has 0 spiro atoms. The summed E-state index contributed by atoms with van der Waals surface area (Å²) < 4.78 is 5.11. The zero-order chi connectivity index (χ0) is 11.1. The van der Waals surface area contributed by atoms with Crippen molar-refractivity contribution in [2.24, 2.45) is 0 Å². The Morgan fingerprint density at radius 2 is 2.20 bits per heavy atom. The maximum Gasteiger partial charge on any atom is 0.161 e. The van der Waals surface area contributed by atoms with E-state index in [-0.39, 0.29) is 0 Å². The minimum Gasteiger partial charge on any atom is -0.377 e. The van der Waals surface area contributed by atoms with E-state index in [1.165, 1.54) is 0 Å². The molecule has 4 nitrogen and oxygen atoms in total. The van der Waals surface area contributed by atoms with Gasteiger partial charge in [-0.3, -0.25) is 0 Å². The first kappa shape index (κ1) is 10.2. The molecule has 1 aromatic heterocycles. The van der Waals surface area contributed by atoms with Crippen LogP contribution in [0.25, 0.3) is 0 Å². The molecule has 0 amide bonds. The maximum atomic E-state index is 9.14. The Kier molecular flexibility index (Phi) is 2.28. The van der Waals surface area contributed by atoms with E-state index < -0.39 is 5.41 Å². The van der Waals surface area contributed by atoms with E-state index in [9.17, 15) is 0 Å². The minimum atomic E-state index is -0.530. The average Bonchev–Trinajstić information content (AvgIpc) is 2.47. The Morgan fingerprint density at radius 3 is 2.53 bits per heavy atom. The third kappa shape index (κ3) is 1.44. The molecule has 2 rings (SSSR count). The smallest absolute Gasteiger partial charge is 0.161 e. The highest BCUT2D eigenvalue weighted by molar-refractivity contribution is 5.29.